The van der Waals surface area contributed by atoms with Crippen LogP contribution in [-0.4, -0.2) is 13.2 Å². The first kappa shape index (κ1) is 15.7. The SMILES string of the molecule is COc1ccc(Cl)cc1CC(N)Cc1cccc(F)c1F. The van der Waals surface area contributed by atoms with Crippen LogP contribution in [0.2, 0.25) is 5.02 Å². The maximum atomic E-state index is 13.6. The van der Waals surface area contributed by atoms with Crippen molar-refractivity contribution in [3.8, 4) is 5.75 Å². The van der Waals surface area contributed by atoms with Gasteiger partial charge in [0.1, 0.15) is 5.75 Å². The highest BCUT2D eigenvalue weighted by Crippen LogP contribution is 2.24. The van der Waals surface area contributed by atoms with E-state index in [-0.39, 0.29) is 18.0 Å². The van der Waals surface area contributed by atoms with E-state index in [9.17, 15) is 8.78 Å². The quantitative estimate of drug-likeness (QED) is 0.913. The lowest BCUT2D eigenvalue weighted by Gasteiger charge is -2.15. The molecule has 0 aromatic heterocycles. The molecule has 112 valence electrons. The van der Waals surface area contributed by atoms with Crippen molar-refractivity contribution in [2.45, 2.75) is 18.9 Å². The number of hydrogen-bond donors (Lipinski definition) is 1. The zero-order valence-corrected chi connectivity index (χ0v) is 12.3. The van der Waals surface area contributed by atoms with Crippen LogP contribution in [-0.2, 0) is 12.8 Å². The molecule has 0 aliphatic rings. The molecule has 0 spiro atoms. The molecule has 0 aliphatic heterocycles. The maximum Gasteiger partial charge on any atom is 0.162 e. The summed E-state index contributed by atoms with van der Waals surface area (Å²) in [6, 6.07) is 8.98. The molecule has 5 heteroatoms. The van der Waals surface area contributed by atoms with Gasteiger partial charge in [-0.3, -0.25) is 0 Å². The van der Waals surface area contributed by atoms with E-state index in [0.717, 1.165) is 11.6 Å². The highest BCUT2D eigenvalue weighted by atomic mass is 35.5. The summed E-state index contributed by atoms with van der Waals surface area (Å²) in [7, 11) is 1.56. The molecule has 2 aromatic rings. The number of rotatable bonds is 5. The average Bonchev–Trinajstić information content (AvgIpc) is 2.44. The second kappa shape index (κ2) is 6.87. The first-order valence-electron chi connectivity index (χ1n) is 6.52. The molecular formula is C16H16ClF2NO. The van der Waals surface area contributed by atoms with Crippen molar-refractivity contribution in [3.63, 3.8) is 0 Å². The lowest BCUT2D eigenvalue weighted by molar-refractivity contribution is 0.407. The zero-order chi connectivity index (χ0) is 15.4. The molecule has 0 amide bonds. The number of hydrogen-bond acceptors (Lipinski definition) is 2. The van der Waals surface area contributed by atoms with Gasteiger partial charge in [0.05, 0.1) is 7.11 Å². The molecule has 2 rings (SSSR count). The molecule has 2 aromatic carbocycles. The Morgan fingerprint density at radius 3 is 2.57 bits per heavy atom. The summed E-state index contributed by atoms with van der Waals surface area (Å²) in [5.74, 6) is -1.03. The van der Waals surface area contributed by atoms with E-state index < -0.39 is 11.6 Å². The van der Waals surface area contributed by atoms with Crippen LogP contribution in [0.15, 0.2) is 36.4 Å². The Labute approximate surface area is 127 Å². The summed E-state index contributed by atoms with van der Waals surface area (Å²) in [4.78, 5) is 0. The Bertz CT molecular complexity index is 634. The number of benzene rings is 2. The number of halogens is 3. The molecule has 2 nitrogen and oxygen atoms in total. The fourth-order valence-electron chi connectivity index (χ4n) is 2.25. The summed E-state index contributed by atoms with van der Waals surface area (Å²) in [5.41, 5.74) is 7.15. The second-order valence-corrected chi connectivity index (χ2v) is 5.27. The van der Waals surface area contributed by atoms with Gasteiger partial charge in [-0.1, -0.05) is 23.7 Å². The third kappa shape index (κ3) is 3.93. The molecule has 0 fully saturated rings. The monoisotopic (exact) mass is 311 g/mol. The van der Waals surface area contributed by atoms with Crippen LogP contribution in [0.25, 0.3) is 0 Å². The van der Waals surface area contributed by atoms with Crippen LogP contribution in [0.4, 0.5) is 8.78 Å². The normalized spacial score (nSPS) is 12.2. The summed E-state index contributed by atoms with van der Waals surface area (Å²) < 4.78 is 32.1. The zero-order valence-electron chi connectivity index (χ0n) is 11.6. The third-order valence-electron chi connectivity index (χ3n) is 3.24. The Kier molecular flexibility index (Phi) is 5.15. The van der Waals surface area contributed by atoms with Gasteiger partial charge in [0, 0.05) is 11.1 Å². The average molecular weight is 312 g/mol. The van der Waals surface area contributed by atoms with Crippen molar-refractivity contribution < 1.29 is 13.5 Å². The Morgan fingerprint density at radius 2 is 1.86 bits per heavy atom. The van der Waals surface area contributed by atoms with Gasteiger partial charge in [0.15, 0.2) is 11.6 Å². The van der Waals surface area contributed by atoms with Crippen molar-refractivity contribution in [3.05, 3.63) is 64.2 Å². The number of nitrogens with two attached hydrogens (primary N) is 1. The van der Waals surface area contributed by atoms with Crippen LogP contribution < -0.4 is 10.5 Å². The van der Waals surface area contributed by atoms with Crippen molar-refractivity contribution in [2.75, 3.05) is 7.11 Å². The molecule has 0 bridgehead atoms. The lowest BCUT2D eigenvalue weighted by atomic mass is 9.98. The van der Waals surface area contributed by atoms with Gasteiger partial charge in [-0.25, -0.2) is 8.78 Å². The van der Waals surface area contributed by atoms with Crippen molar-refractivity contribution in [2.24, 2.45) is 5.73 Å². The van der Waals surface area contributed by atoms with E-state index in [0.29, 0.717) is 17.2 Å². The van der Waals surface area contributed by atoms with Crippen molar-refractivity contribution in [1.29, 1.82) is 0 Å². The molecule has 0 saturated carbocycles. The van der Waals surface area contributed by atoms with Gasteiger partial charge < -0.3 is 10.5 Å². The Balaban J connectivity index is 2.13. The van der Waals surface area contributed by atoms with Crippen LogP contribution >= 0.6 is 11.6 Å². The molecule has 0 radical (unpaired) electrons. The van der Waals surface area contributed by atoms with E-state index >= 15 is 0 Å². The first-order chi connectivity index (χ1) is 10.0. The smallest absolute Gasteiger partial charge is 0.162 e. The summed E-state index contributed by atoms with van der Waals surface area (Å²) in [6.07, 6.45) is 0.693. The molecule has 21 heavy (non-hydrogen) atoms. The van der Waals surface area contributed by atoms with Crippen LogP contribution in [0.1, 0.15) is 11.1 Å². The van der Waals surface area contributed by atoms with E-state index in [1.54, 1.807) is 25.3 Å². The molecule has 0 heterocycles. The van der Waals surface area contributed by atoms with E-state index in [1.807, 2.05) is 0 Å². The predicted molar refractivity (Wildman–Crippen MR) is 79.7 cm³/mol. The van der Waals surface area contributed by atoms with Gasteiger partial charge in [0.25, 0.3) is 0 Å². The van der Waals surface area contributed by atoms with Crippen molar-refractivity contribution >= 4 is 11.6 Å². The minimum absolute atomic E-state index is 0.235. The fraction of sp³-hybridized carbons (Fsp3) is 0.250. The van der Waals surface area contributed by atoms with E-state index in [2.05, 4.69) is 0 Å². The number of methoxy groups -OCH3 is 1. The summed E-state index contributed by atoms with van der Waals surface area (Å²) in [6.45, 7) is 0. The van der Waals surface area contributed by atoms with E-state index in [4.69, 9.17) is 22.1 Å². The van der Waals surface area contributed by atoms with Gasteiger partial charge in [-0.15, -0.1) is 0 Å². The molecule has 0 aliphatic carbocycles. The van der Waals surface area contributed by atoms with E-state index in [1.165, 1.54) is 12.1 Å². The molecule has 1 atom stereocenters. The lowest BCUT2D eigenvalue weighted by Crippen LogP contribution is -2.26. The first-order valence-corrected chi connectivity index (χ1v) is 6.90. The predicted octanol–water partition coefficient (Wildman–Crippen LogP) is 3.74. The van der Waals surface area contributed by atoms with Gasteiger partial charge >= 0.3 is 0 Å². The third-order valence-corrected chi connectivity index (χ3v) is 3.47. The minimum Gasteiger partial charge on any atom is -0.496 e. The largest absolute Gasteiger partial charge is 0.496 e. The molecule has 2 N–H and O–H groups in total. The van der Waals surface area contributed by atoms with Crippen LogP contribution in [0.3, 0.4) is 0 Å². The van der Waals surface area contributed by atoms with Crippen molar-refractivity contribution in [1.82, 2.24) is 0 Å². The Morgan fingerprint density at radius 1 is 1.14 bits per heavy atom. The number of ether oxygens (including phenoxy) is 1. The van der Waals surface area contributed by atoms with Gasteiger partial charge in [-0.05, 0) is 48.2 Å². The summed E-state index contributed by atoms with van der Waals surface area (Å²) in [5, 5.41) is 0.579. The highest BCUT2D eigenvalue weighted by molar-refractivity contribution is 6.30. The van der Waals surface area contributed by atoms with Gasteiger partial charge in [-0.2, -0.15) is 0 Å². The second-order valence-electron chi connectivity index (χ2n) is 4.84. The Hall–Kier alpha value is -1.65. The molecular weight excluding hydrogens is 296 g/mol. The molecule has 0 saturated heterocycles. The maximum absolute atomic E-state index is 13.6. The van der Waals surface area contributed by atoms with Crippen LogP contribution in [0, 0.1) is 11.6 Å². The summed E-state index contributed by atoms with van der Waals surface area (Å²) >= 11 is 5.96. The topological polar surface area (TPSA) is 35.2 Å². The fourth-order valence-corrected chi connectivity index (χ4v) is 2.44. The highest BCUT2D eigenvalue weighted by Gasteiger charge is 2.14. The minimum atomic E-state index is -0.861. The van der Waals surface area contributed by atoms with Crippen LogP contribution in [0.5, 0.6) is 5.75 Å². The standard InChI is InChI=1S/C16H16ClF2NO/c1-21-15-6-5-12(17)7-11(15)9-13(20)8-10-3-2-4-14(18)16(10)19/h2-7,13H,8-9,20H2,1H3. The molecule has 1 unspecified atom stereocenters. The van der Waals surface area contributed by atoms with Gasteiger partial charge in [0.2, 0.25) is 0 Å².